The van der Waals surface area contributed by atoms with Gasteiger partial charge in [0.1, 0.15) is 11.4 Å². The lowest BCUT2D eigenvalue weighted by atomic mass is 9.75. The Balaban J connectivity index is 1.53. The average Bonchev–Trinajstić information content (AvgIpc) is 3.30. The number of carbonyl (C=O) groups excluding carboxylic acids is 1. The van der Waals surface area contributed by atoms with Crippen molar-refractivity contribution < 1.29 is 14.6 Å². The van der Waals surface area contributed by atoms with Gasteiger partial charge in [-0.05, 0) is 37.0 Å². The van der Waals surface area contributed by atoms with E-state index in [9.17, 15) is 9.90 Å². The van der Waals surface area contributed by atoms with E-state index in [1.54, 1.807) is 13.3 Å². The van der Waals surface area contributed by atoms with E-state index in [2.05, 4.69) is 4.98 Å². The number of benzene rings is 1. The fraction of sp³-hybridized carbons (Fsp3) is 0.400. The van der Waals surface area contributed by atoms with Crippen molar-refractivity contribution >= 4 is 22.2 Å². The molecule has 1 fully saturated rings. The summed E-state index contributed by atoms with van der Waals surface area (Å²) in [6, 6.07) is 7.92. The standard InChI is InChI=1S/C20H23N3O3S/c1-26-16-5-2-4-15(10-16)11-20(14-24)6-3-7-23(13-20)18(25)17-12-22-8-9-27-19(22)21-17/h2,4-5,8-10,12,24H,3,6-7,11,13-14H2,1H3. The number of aliphatic hydroxyl groups excluding tert-OH is 1. The molecule has 7 heteroatoms. The lowest BCUT2D eigenvalue weighted by molar-refractivity contribution is 0.0268. The molecule has 1 atom stereocenters. The monoisotopic (exact) mass is 385 g/mol. The number of hydrogen-bond donors (Lipinski definition) is 1. The van der Waals surface area contributed by atoms with Crippen molar-refractivity contribution in [3.05, 3.63) is 53.3 Å². The summed E-state index contributed by atoms with van der Waals surface area (Å²) in [7, 11) is 1.65. The second-order valence-electron chi connectivity index (χ2n) is 7.24. The number of fused-ring (bicyclic) bond motifs is 1. The van der Waals surface area contributed by atoms with Gasteiger partial charge in [0, 0.05) is 36.3 Å². The summed E-state index contributed by atoms with van der Waals surface area (Å²) < 4.78 is 7.18. The van der Waals surface area contributed by atoms with Crippen LogP contribution in [0.5, 0.6) is 5.75 Å². The number of methoxy groups -OCH3 is 1. The third-order valence-electron chi connectivity index (χ3n) is 5.31. The molecule has 1 aromatic carbocycles. The van der Waals surface area contributed by atoms with Crippen molar-refractivity contribution in [2.24, 2.45) is 5.41 Å². The van der Waals surface area contributed by atoms with E-state index in [1.165, 1.54) is 11.3 Å². The number of piperidine rings is 1. The Morgan fingerprint density at radius 2 is 2.33 bits per heavy atom. The Hall–Kier alpha value is -2.38. The van der Waals surface area contributed by atoms with Crippen molar-refractivity contribution in [2.45, 2.75) is 19.3 Å². The minimum atomic E-state index is -0.336. The van der Waals surface area contributed by atoms with Crippen LogP contribution in [0.2, 0.25) is 0 Å². The van der Waals surface area contributed by atoms with E-state index in [-0.39, 0.29) is 17.9 Å². The van der Waals surface area contributed by atoms with Crippen LogP contribution >= 0.6 is 11.3 Å². The van der Waals surface area contributed by atoms with E-state index in [0.717, 1.165) is 29.1 Å². The average molecular weight is 385 g/mol. The highest BCUT2D eigenvalue weighted by Gasteiger charge is 2.37. The SMILES string of the molecule is COc1cccc(CC2(CO)CCCN(C(=O)c3cn4ccsc4n3)C2)c1. The highest BCUT2D eigenvalue weighted by atomic mass is 32.1. The molecule has 1 aliphatic rings. The topological polar surface area (TPSA) is 67.1 Å². The molecule has 1 N–H and O–H groups in total. The number of aromatic nitrogens is 2. The van der Waals surface area contributed by atoms with Crippen LogP contribution in [0.4, 0.5) is 0 Å². The number of nitrogens with zero attached hydrogens (tertiary/aromatic N) is 3. The highest BCUT2D eigenvalue weighted by molar-refractivity contribution is 7.15. The summed E-state index contributed by atoms with van der Waals surface area (Å²) in [5.74, 6) is 0.747. The maximum Gasteiger partial charge on any atom is 0.274 e. The van der Waals surface area contributed by atoms with Crippen LogP contribution < -0.4 is 4.74 Å². The quantitative estimate of drug-likeness (QED) is 0.733. The Morgan fingerprint density at radius 1 is 1.44 bits per heavy atom. The maximum absolute atomic E-state index is 13.0. The van der Waals surface area contributed by atoms with Crippen LogP contribution in [-0.2, 0) is 6.42 Å². The Morgan fingerprint density at radius 3 is 3.11 bits per heavy atom. The third kappa shape index (κ3) is 3.57. The van der Waals surface area contributed by atoms with Crippen LogP contribution in [-0.4, -0.2) is 52.1 Å². The minimum Gasteiger partial charge on any atom is -0.497 e. The van der Waals surface area contributed by atoms with Gasteiger partial charge in [0.05, 0.1) is 13.7 Å². The van der Waals surface area contributed by atoms with Gasteiger partial charge in [-0.3, -0.25) is 9.20 Å². The Labute approximate surface area is 162 Å². The number of aliphatic hydroxyl groups is 1. The van der Waals surface area contributed by atoms with Gasteiger partial charge in [-0.2, -0.15) is 0 Å². The maximum atomic E-state index is 13.0. The molecule has 0 aliphatic carbocycles. The zero-order chi connectivity index (χ0) is 18.9. The summed E-state index contributed by atoms with van der Waals surface area (Å²) in [5, 5.41) is 12.1. The zero-order valence-electron chi connectivity index (χ0n) is 15.3. The van der Waals surface area contributed by atoms with Gasteiger partial charge in [0.25, 0.3) is 5.91 Å². The third-order valence-corrected chi connectivity index (χ3v) is 6.08. The van der Waals surface area contributed by atoms with E-state index in [4.69, 9.17) is 4.74 Å². The summed E-state index contributed by atoms with van der Waals surface area (Å²) in [4.78, 5) is 20.1. The molecule has 6 nitrogen and oxygen atoms in total. The van der Waals surface area contributed by atoms with Gasteiger partial charge in [-0.25, -0.2) is 4.98 Å². The zero-order valence-corrected chi connectivity index (χ0v) is 16.1. The lowest BCUT2D eigenvalue weighted by Gasteiger charge is -2.41. The molecular weight excluding hydrogens is 362 g/mol. The molecule has 142 valence electrons. The second kappa shape index (κ2) is 7.32. The van der Waals surface area contributed by atoms with Crippen molar-refractivity contribution in [3.63, 3.8) is 0 Å². The van der Waals surface area contributed by atoms with Crippen LogP contribution in [0.3, 0.4) is 0 Å². The van der Waals surface area contributed by atoms with Gasteiger partial charge in [0.2, 0.25) is 0 Å². The first-order chi connectivity index (χ1) is 13.1. The van der Waals surface area contributed by atoms with Crippen molar-refractivity contribution in [1.29, 1.82) is 0 Å². The van der Waals surface area contributed by atoms with Gasteiger partial charge in [0.15, 0.2) is 4.96 Å². The van der Waals surface area contributed by atoms with Crippen molar-refractivity contribution in [1.82, 2.24) is 14.3 Å². The lowest BCUT2D eigenvalue weighted by Crippen LogP contribution is -2.49. The molecule has 0 spiro atoms. The smallest absolute Gasteiger partial charge is 0.274 e. The fourth-order valence-corrected chi connectivity index (χ4v) is 4.62. The van der Waals surface area contributed by atoms with E-state index in [0.29, 0.717) is 25.2 Å². The molecule has 1 aliphatic heterocycles. The van der Waals surface area contributed by atoms with Crippen LogP contribution in [0.15, 0.2) is 42.0 Å². The number of rotatable bonds is 5. The molecule has 0 radical (unpaired) electrons. The van der Waals surface area contributed by atoms with Crippen molar-refractivity contribution in [2.75, 3.05) is 26.8 Å². The molecule has 2 aromatic heterocycles. The van der Waals surface area contributed by atoms with E-state index in [1.807, 2.05) is 45.1 Å². The number of likely N-dealkylation sites (tertiary alicyclic amines) is 1. The Bertz CT molecular complexity index is 922. The fourth-order valence-electron chi connectivity index (χ4n) is 3.92. The number of ether oxygens (including phenoxy) is 1. The summed E-state index contributed by atoms with van der Waals surface area (Å²) in [6.07, 6.45) is 6.16. The molecule has 1 amide bonds. The van der Waals surface area contributed by atoms with E-state index >= 15 is 0 Å². The predicted octanol–water partition coefficient (Wildman–Crippen LogP) is 2.86. The molecule has 0 bridgehead atoms. The second-order valence-corrected chi connectivity index (χ2v) is 8.11. The molecule has 27 heavy (non-hydrogen) atoms. The summed E-state index contributed by atoms with van der Waals surface area (Å²) in [5.41, 5.74) is 1.24. The Kier molecular flexibility index (Phi) is 4.88. The number of amides is 1. The molecule has 3 aromatic rings. The van der Waals surface area contributed by atoms with Gasteiger partial charge in [-0.15, -0.1) is 11.3 Å². The van der Waals surface area contributed by atoms with Crippen molar-refractivity contribution in [3.8, 4) is 5.75 Å². The molecule has 4 rings (SSSR count). The number of imidazole rings is 1. The molecule has 0 saturated carbocycles. The van der Waals surface area contributed by atoms with Crippen LogP contribution in [0, 0.1) is 5.41 Å². The van der Waals surface area contributed by atoms with Crippen LogP contribution in [0.1, 0.15) is 28.9 Å². The largest absolute Gasteiger partial charge is 0.497 e. The van der Waals surface area contributed by atoms with Gasteiger partial charge in [-0.1, -0.05) is 12.1 Å². The normalized spacial score (nSPS) is 20.1. The molecular formula is C20H23N3O3S. The number of carbonyl (C=O) groups is 1. The summed E-state index contributed by atoms with van der Waals surface area (Å²) >= 11 is 1.51. The molecule has 3 heterocycles. The van der Waals surface area contributed by atoms with Crippen LogP contribution in [0.25, 0.3) is 4.96 Å². The minimum absolute atomic E-state index is 0.0479. The first-order valence-corrected chi connectivity index (χ1v) is 9.96. The predicted molar refractivity (Wildman–Crippen MR) is 104 cm³/mol. The van der Waals surface area contributed by atoms with Gasteiger partial charge >= 0.3 is 0 Å². The van der Waals surface area contributed by atoms with Gasteiger partial charge < -0.3 is 14.7 Å². The first kappa shape index (κ1) is 18.0. The highest BCUT2D eigenvalue weighted by Crippen LogP contribution is 2.34. The number of thiazole rings is 1. The molecule has 1 unspecified atom stereocenters. The molecule has 1 saturated heterocycles. The number of hydrogen-bond acceptors (Lipinski definition) is 5. The van der Waals surface area contributed by atoms with E-state index < -0.39 is 0 Å². The summed E-state index contributed by atoms with van der Waals surface area (Å²) in [6.45, 7) is 1.28. The first-order valence-electron chi connectivity index (χ1n) is 9.08.